The Morgan fingerprint density at radius 2 is 1.31 bits per heavy atom. The first-order valence-electron chi connectivity index (χ1n) is 10.5. The van der Waals surface area contributed by atoms with Crippen molar-refractivity contribution in [1.82, 2.24) is 25.3 Å². The average molecular weight is 400 g/mol. The van der Waals surface area contributed by atoms with Gasteiger partial charge in [-0.3, -0.25) is 0 Å². The molecule has 0 spiro atoms. The van der Waals surface area contributed by atoms with Gasteiger partial charge in [-0.05, 0) is 6.92 Å². The van der Waals surface area contributed by atoms with E-state index in [0.717, 1.165) is 81.2 Å². The molecule has 0 bridgehead atoms. The predicted molar refractivity (Wildman–Crippen MR) is 111 cm³/mol. The van der Waals surface area contributed by atoms with Gasteiger partial charge in [0.1, 0.15) is 0 Å². The highest BCUT2D eigenvalue weighted by atomic mass is 16.5. The van der Waals surface area contributed by atoms with E-state index in [2.05, 4.69) is 20.0 Å². The van der Waals surface area contributed by atoms with Crippen LogP contribution in [0, 0.1) is 6.92 Å². The molecule has 5 rings (SSSR count). The second kappa shape index (κ2) is 8.21. The van der Waals surface area contributed by atoms with Crippen LogP contribution in [0.4, 0.5) is 17.6 Å². The van der Waals surface area contributed by atoms with Gasteiger partial charge in [-0.15, -0.1) is 0 Å². The summed E-state index contributed by atoms with van der Waals surface area (Å²) in [7, 11) is 0. The highest BCUT2D eigenvalue weighted by Crippen LogP contribution is 2.28. The van der Waals surface area contributed by atoms with Gasteiger partial charge in [-0.1, -0.05) is 0 Å². The molecule has 1 N–H and O–H groups in total. The van der Waals surface area contributed by atoms with Gasteiger partial charge < -0.3 is 29.5 Å². The van der Waals surface area contributed by atoms with Crippen molar-refractivity contribution in [1.29, 1.82) is 0 Å². The Labute approximate surface area is 170 Å². The van der Waals surface area contributed by atoms with Crippen molar-refractivity contribution in [3.8, 4) is 0 Å². The molecule has 2 aromatic rings. The number of hydrogen-bond acceptors (Lipinski definition) is 10. The molecule has 3 fully saturated rings. The Bertz CT molecular complexity index is 861. The largest absolute Gasteiger partial charge is 0.378 e. The molecule has 10 heteroatoms. The quantitative estimate of drug-likeness (QED) is 0.747. The van der Waals surface area contributed by atoms with Gasteiger partial charge in [0.05, 0.1) is 32.1 Å². The highest BCUT2D eigenvalue weighted by molar-refractivity contribution is 5.85. The lowest BCUT2D eigenvalue weighted by Crippen LogP contribution is -2.44. The van der Waals surface area contributed by atoms with Crippen LogP contribution in [0.25, 0.3) is 11.2 Å². The van der Waals surface area contributed by atoms with E-state index in [-0.39, 0.29) is 0 Å². The summed E-state index contributed by atoms with van der Waals surface area (Å²) in [6, 6.07) is 0. The van der Waals surface area contributed by atoms with Crippen molar-refractivity contribution in [2.45, 2.75) is 6.92 Å². The van der Waals surface area contributed by atoms with Gasteiger partial charge in [0.2, 0.25) is 5.95 Å². The molecule has 5 heterocycles. The number of anilines is 3. The summed E-state index contributed by atoms with van der Waals surface area (Å²) < 4.78 is 11.0. The van der Waals surface area contributed by atoms with Crippen LogP contribution in [0.1, 0.15) is 5.69 Å². The fraction of sp³-hybridized carbons (Fsp3) is 0.684. The maximum absolute atomic E-state index is 5.54. The number of nitrogens with one attached hydrogen (secondary N) is 1. The first kappa shape index (κ1) is 18.7. The van der Waals surface area contributed by atoms with E-state index in [4.69, 9.17) is 29.4 Å². The zero-order valence-corrected chi connectivity index (χ0v) is 16.9. The number of hydrogen-bond donors (Lipinski definition) is 1. The van der Waals surface area contributed by atoms with Crippen molar-refractivity contribution >= 4 is 28.7 Å². The van der Waals surface area contributed by atoms with E-state index in [1.54, 1.807) is 0 Å². The minimum Gasteiger partial charge on any atom is -0.378 e. The molecular formula is C19H28N8O2. The van der Waals surface area contributed by atoms with Crippen molar-refractivity contribution in [3.05, 3.63) is 5.69 Å². The average Bonchev–Trinajstić information content (AvgIpc) is 2.80. The molecule has 156 valence electrons. The molecule has 3 saturated heterocycles. The summed E-state index contributed by atoms with van der Waals surface area (Å²) in [5.74, 6) is 2.52. The van der Waals surface area contributed by atoms with E-state index in [9.17, 15) is 0 Å². The molecule has 10 nitrogen and oxygen atoms in total. The van der Waals surface area contributed by atoms with Crippen molar-refractivity contribution in [3.63, 3.8) is 0 Å². The van der Waals surface area contributed by atoms with Gasteiger partial charge in [0.25, 0.3) is 0 Å². The predicted octanol–water partition coefficient (Wildman–Crippen LogP) is -0.189. The summed E-state index contributed by atoms with van der Waals surface area (Å²) in [5.41, 5.74) is 2.36. The number of nitrogens with zero attached hydrogens (tertiary/aromatic N) is 7. The Balaban J connectivity index is 1.60. The minimum atomic E-state index is 0.669. The number of fused-ring (bicyclic) bond motifs is 1. The molecular weight excluding hydrogens is 372 g/mol. The fourth-order valence-corrected chi connectivity index (χ4v) is 4.07. The third-order valence-corrected chi connectivity index (χ3v) is 5.67. The standard InChI is InChI=1S/C19H28N8O2/c1-14-17(25-6-10-28-11-7-25)22-16-15(21-14)18(26-8-12-29-13-9-26)24-19(23-16)27-4-2-20-3-5-27/h20H,2-13H2,1H3. The third-order valence-electron chi connectivity index (χ3n) is 5.67. The van der Waals surface area contributed by atoms with Crippen LogP contribution in [0.3, 0.4) is 0 Å². The number of aryl methyl sites for hydroxylation is 1. The van der Waals surface area contributed by atoms with E-state index in [1.807, 2.05) is 6.92 Å². The normalized spacial score (nSPS) is 21.1. The molecule has 2 aromatic heterocycles. The van der Waals surface area contributed by atoms with Crippen molar-refractivity contribution < 1.29 is 9.47 Å². The maximum atomic E-state index is 5.54. The van der Waals surface area contributed by atoms with Gasteiger partial charge in [-0.2, -0.15) is 9.97 Å². The second-order valence-corrected chi connectivity index (χ2v) is 7.59. The highest BCUT2D eigenvalue weighted by Gasteiger charge is 2.24. The topological polar surface area (TPSA) is 91.8 Å². The molecule has 3 aliphatic heterocycles. The molecule has 0 saturated carbocycles. The number of morpholine rings is 2. The number of rotatable bonds is 3. The maximum Gasteiger partial charge on any atom is 0.229 e. The Morgan fingerprint density at radius 1 is 0.690 bits per heavy atom. The molecule has 0 radical (unpaired) electrons. The van der Waals surface area contributed by atoms with Crippen LogP contribution in [0.5, 0.6) is 0 Å². The second-order valence-electron chi connectivity index (χ2n) is 7.59. The molecule has 0 aromatic carbocycles. The summed E-state index contributed by atoms with van der Waals surface area (Å²) in [5, 5.41) is 3.39. The third kappa shape index (κ3) is 3.79. The lowest BCUT2D eigenvalue weighted by Gasteiger charge is -2.32. The number of piperazine rings is 1. The van der Waals surface area contributed by atoms with Crippen LogP contribution in [-0.2, 0) is 9.47 Å². The SMILES string of the molecule is Cc1nc2c(N3CCOCC3)nc(N3CCNCC3)nc2nc1N1CCOCC1. The molecule has 0 amide bonds. The Hall–Kier alpha value is -2.30. The summed E-state index contributed by atoms with van der Waals surface area (Å²) in [6.07, 6.45) is 0. The van der Waals surface area contributed by atoms with Crippen LogP contribution in [0.15, 0.2) is 0 Å². The van der Waals surface area contributed by atoms with Crippen LogP contribution in [0.2, 0.25) is 0 Å². The van der Waals surface area contributed by atoms with Crippen LogP contribution >= 0.6 is 0 Å². The minimum absolute atomic E-state index is 0.669. The lowest BCUT2D eigenvalue weighted by atomic mass is 10.3. The van der Waals surface area contributed by atoms with Gasteiger partial charge in [0.15, 0.2) is 22.8 Å². The summed E-state index contributed by atoms with van der Waals surface area (Å²) in [4.78, 5) is 26.4. The molecule has 0 atom stereocenters. The van der Waals surface area contributed by atoms with Crippen LogP contribution < -0.4 is 20.0 Å². The first-order chi connectivity index (χ1) is 14.3. The van der Waals surface area contributed by atoms with Crippen molar-refractivity contribution in [2.24, 2.45) is 0 Å². The van der Waals surface area contributed by atoms with Crippen molar-refractivity contribution in [2.75, 3.05) is 93.5 Å². The van der Waals surface area contributed by atoms with Gasteiger partial charge in [0, 0.05) is 52.4 Å². The van der Waals surface area contributed by atoms with E-state index < -0.39 is 0 Å². The number of ether oxygens (including phenoxy) is 2. The molecule has 0 unspecified atom stereocenters. The fourth-order valence-electron chi connectivity index (χ4n) is 4.07. The smallest absolute Gasteiger partial charge is 0.229 e. The monoisotopic (exact) mass is 400 g/mol. The van der Waals surface area contributed by atoms with E-state index in [0.29, 0.717) is 32.1 Å². The molecule has 3 aliphatic rings. The molecule has 0 aliphatic carbocycles. The van der Waals surface area contributed by atoms with E-state index in [1.165, 1.54) is 0 Å². The van der Waals surface area contributed by atoms with Gasteiger partial charge in [-0.25, -0.2) is 9.97 Å². The Morgan fingerprint density at radius 3 is 1.97 bits per heavy atom. The first-order valence-corrected chi connectivity index (χ1v) is 10.5. The van der Waals surface area contributed by atoms with Crippen LogP contribution in [-0.4, -0.2) is 98.7 Å². The zero-order chi connectivity index (χ0) is 19.6. The summed E-state index contributed by atoms with van der Waals surface area (Å²) >= 11 is 0. The van der Waals surface area contributed by atoms with E-state index >= 15 is 0 Å². The molecule has 29 heavy (non-hydrogen) atoms. The van der Waals surface area contributed by atoms with Gasteiger partial charge >= 0.3 is 0 Å². The lowest BCUT2D eigenvalue weighted by molar-refractivity contribution is 0.122. The zero-order valence-electron chi connectivity index (χ0n) is 16.9. The summed E-state index contributed by atoms with van der Waals surface area (Å²) in [6.45, 7) is 11.8. The number of aromatic nitrogens is 4. The Kier molecular flexibility index (Phi) is 5.30.